The van der Waals surface area contributed by atoms with E-state index in [0.29, 0.717) is 24.1 Å². The Bertz CT molecular complexity index is 473. The first kappa shape index (κ1) is 9.98. The van der Waals surface area contributed by atoms with Crippen molar-refractivity contribution in [2.24, 2.45) is 0 Å². The summed E-state index contributed by atoms with van der Waals surface area (Å²) in [5.41, 5.74) is 0.735. The van der Waals surface area contributed by atoms with Gasteiger partial charge in [0.05, 0.1) is 5.52 Å². The number of aromatic nitrogens is 2. The summed E-state index contributed by atoms with van der Waals surface area (Å²) in [6, 6.07) is 4.42. The number of hydrogen-bond donors (Lipinski definition) is 1. The molecule has 15 heavy (non-hydrogen) atoms. The number of fused-ring (bicyclic) bond motifs is 1. The summed E-state index contributed by atoms with van der Waals surface area (Å²) < 4.78 is 12.9. The monoisotopic (exact) mass is 206 g/mol. The summed E-state index contributed by atoms with van der Waals surface area (Å²) in [7, 11) is 0. The summed E-state index contributed by atoms with van der Waals surface area (Å²) in [4.78, 5) is 8.36. The molecule has 0 spiro atoms. The Kier molecular flexibility index (Phi) is 2.87. The van der Waals surface area contributed by atoms with Crippen molar-refractivity contribution >= 4 is 10.9 Å². The van der Waals surface area contributed by atoms with Gasteiger partial charge in [0.15, 0.2) is 0 Å². The van der Waals surface area contributed by atoms with Gasteiger partial charge in [0, 0.05) is 24.6 Å². The Morgan fingerprint density at radius 1 is 1.33 bits per heavy atom. The SMILES string of the molecule is OCCCc1ncc2cc(F)ccc2n1. The highest BCUT2D eigenvalue weighted by Crippen LogP contribution is 2.12. The third-order valence-electron chi connectivity index (χ3n) is 2.15. The normalized spacial score (nSPS) is 10.8. The van der Waals surface area contributed by atoms with Gasteiger partial charge in [0.2, 0.25) is 0 Å². The van der Waals surface area contributed by atoms with Gasteiger partial charge in [-0.05, 0) is 24.6 Å². The molecule has 0 aliphatic carbocycles. The Morgan fingerprint density at radius 3 is 3.00 bits per heavy atom. The van der Waals surface area contributed by atoms with Crippen LogP contribution in [0.1, 0.15) is 12.2 Å². The summed E-state index contributed by atoms with van der Waals surface area (Å²) in [5.74, 6) is 0.400. The molecular weight excluding hydrogens is 195 g/mol. The fraction of sp³-hybridized carbons (Fsp3) is 0.273. The van der Waals surface area contributed by atoms with Crippen LogP contribution in [0.25, 0.3) is 10.9 Å². The highest BCUT2D eigenvalue weighted by atomic mass is 19.1. The second kappa shape index (κ2) is 4.31. The van der Waals surface area contributed by atoms with Crippen LogP contribution in [-0.4, -0.2) is 21.7 Å². The van der Waals surface area contributed by atoms with Crippen LogP contribution in [0.4, 0.5) is 4.39 Å². The average Bonchev–Trinajstić information content (AvgIpc) is 2.26. The molecule has 0 aliphatic rings. The molecule has 78 valence electrons. The van der Waals surface area contributed by atoms with E-state index in [9.17, 15) is 4.39 Å². The molecule has 0 atom stereocenters. The van der Waals surface area contributed by atoms with Crippen LogP contribution >= 0.6 is 0 Å². The molecule has 0 saturated heterocycles. The topological polar surface area (TPSA) is 46.0 Å². The van der Waals surface area contributed by atoms with Crippen molar-refractivity contribution in [2.75, 3.05) is 6.61 Å². The van der Waals surface area contributed by atoms with Crippen molar-refractivity contribution < 1.29 is 9.50 Å². The van der Waals surface area contributed by atoms with Crippen molar-refractivity contribution in [3.05, 3.63) is 36.0 Å². The van der Waals surface area contributed by atoms with Gasteiger partial charge >= 0.3 is 0 Å². The molecule has 0 amide bonds. The summed E-state index contributed by atoms with van der Waals surface area (Å²) >= 11 is 0. The van der Waals surface area contributed by atoms with Gasteiger partial charge in [-0.15, -0.1) is 0 Å². The van der Waals surface area contributed by atoms with Gasteiger partial charge < -0.3 is 5.11 Å². The van der Waals surface area contributed by atoms with Gasteiger partial charge in [-0.25, -0.2) is 14.4 Å². The van der Waals surface area contributed by atoms with E-state index in [-0.39, 0.29) is 12.4 Å². The molecule has 4 heteroatoms. The number of aliphatic hydroxyl groups excluding tert-OH is 1. The van der Waals surface area contributed by atoms with E-state index in [4.69, 9.17) is 5.11 Å². The zero-order valence-electron chi connectivity index (χ0n) is 8.15. The van der Waals surface area contributed by atoms with Crippen LogP contribution in [0.15, 0.2) is 24.4 Å². The Morgan fingerprint density at radius 2 is 2.20 bits per heavy atom. The van der Waals surface area contributed by atoms with Crippen LogP contribution in [0.2, 0.25) is 0 Å². The molecule has 0 saturated carbocycles. The lowest BCUT2D eigenvalue weighted by Crippen LogP contribution is -1.97. The number of aliphatic hydroxyl groups is 1. The quantitative estimate of drug-likeness (QED) is 0.831. The molecule has 2 rings (SSSR count). The number of rotatable bonds is 3. The highest BCUT2D eigenvalue weighted by Gasteiger charge is 2.00. The first-order chi connectivity index (χ1) is 7.29. The van der Waals surface area contributed by atoms with Gasteiger partial charge in [-0.2, -0.15) is 0 Å². The molecule has 2 aromatic rings. The molecule has 1 aromatic carbocycles. The van der Waals surface area contributed by atoms with Gasteiger partial charge in [0.1, 0.15) is 11.6 Å². The molecular formula is C11H11FN2O. The third kappa shape index (κ3) is 2.27. The molecule has 3 nitrogen and oxygen atoms in total. The molecule has 0 fully saturated rings. The fourth-order valence-electron chi connectivity index (χ4n) is 1.40. The average molecular weight is 206 g/mol. The fourth-order valence-corrected chi connectivity index (χ4v) is 1.40. The van der Waals surface area contributed by atoms with Crippen LogP contribution in [0, 0.1) is 5.82 Å². The predicted octanol–water partition coefficient (Wildman–Crippen LogP) is 1.69. The van der Waals surface area contributed by atoms with Crippen LogP contribution in [0.3, 0.4) is 0 Å². The van der Waals surface area contributed by atoms with Gasteiger partial charge in [-0.1, -0.05) is 0 Å². The van der Waals surface area contributed by atoms with Crippen molar-refractivity contribution in [3.63, 3.8) is 0 Å². The van der Waals surface area contributed by atoms with Crippen molar-refractivity contribution in [3.8, 4) is 0 Å². The summed E-state index contributed by atoms with van der Waals surface area (Å²) in [6.45, 7) is 0.130. The van der Waals surface area contributed by atoms with E-state index >= 15 is 0 Å². The standard InChI is InChI=1S/C11H11FN2O/c12-9-3-4-10-8(6-9)7-13-11(14-10)2-1-5-15/h3-4,6-7,15H,1-2,5H2. The predicted molar refractivity (Wildman–Crippen MR) is 54.9 cm³/mol. The van der Waals surface area contributed by atoms with E-state index in [1.807, 2.05) is 0 Å². The summed E-state index contributed by atoms with van der Waals surface area (Å²) in [6.07, 6.45) is 2.90. The van der Waals surface area contributed by atoms with Gasteiger partial charge in [0.25, 0.3) is 0 Å². The Balaban J connectivity index is 2.34. The minimum absolute atomic E-state index is 0.130. The second-order valence-electron chi connectivity index (χ2n) is 3.32. The number of halogens is 1. The number of nitrogens with zero attached hydrogens (tertiary/aromatic N) is 2. The largest absolute Gasteiger partial charge is 0.396 e. The molecule has 0 aliphatic heterocycles. The minimum atomic E-state index is -0.283. The van der Waals surface area contributed by atoms with Crippen LogP contribution in [-0.2, 0) is 6.42 Å². The Labute approximate surface area is 86.6 Å². The lowest BCUT2D eigenvalue weighted by atomic mass is 10.2. The first-order valence-electron chi connectivity index (χ1n) is 4.81. The van der Waals surface area contributed by atoms with Crippen molar-refractivity contribution in [2.45, 2.75) is 12.8 Å². The number of aryl methyl sites for hydroxylation is 1. The van der Waals surface area contributed by atoms with Crippen molar-refractivity contribution in [1.29, 1.82) is 0 Å². The summed E-state index contributed by atoms with van der Waals surface area (Å²) in [5, 5.41) is 9.37. The molecule has 0 unspecified atom stereocenters. The smallest absolute Gasteiger partial charge is 0.129 e. The molecule has 0 bridgehead atoms. The highest BCUT2D eigenvalue weighted by molar-refractivity contribution is 5.77. The van der Waals surface area contributed by atoms with E-state index in [1.54, 1.807) is 12.3 Å². The van der Waals surface area contributed by atoms with Crippen molar-refractivity contribution in [1.82, 2.24) is 9.97 Å². The Hall–Kier alpha value is -1.55. The third-order valence-corrected chi connectivity index (χ3v) is 2.15. The first-order valence-corrected chi connectivity index (χ1v) is 4.81. The minimum Gasteiger partial charge on any atom is -0.396 e. The lowest BCUT2D eigenvalue weighted by Gasteiger charge is -2.00. The zero-order valence-corrected chi connectivity index (χ0v) is 8.15. The maximum atomic E-state index is 12.9. The van der Waals surface area contributed by atoms with Crippen LogP contribution in [0.5, 0.6) is 0 Å². The maximum Gasteiger partial charge on any atom is 0.129 e. The lowest BCUT2D eigenvalue weighted by molar-refractivity contribution is 0.287. The molecule has 1 aromatic heterocycles. The number of hydrogen-bond acceptors (Lipinski definition) is 3. The number of benzene rings is 1. The molecule has 0 radical (unpaired) electrons. The molecule has 1 heterocycles. The van der Waals surface area contributed by atoms with E-state index in [0.717, 1.165) is 5.52 Å². The van der Waals surface area contributed by atoms with E-state index in [1.165, 1.54) is 12.1 Å². The second-order valence-corrected chi connectivity index (χ2v) is 3.32. The zero-order chi connectivity index (χ0) is 10.7. The molecule has 1 N–H and O–H groups in total. The van der Waals surface area contributed by atoms with E-state index < -0.39 is 0 Å². The van der Waals surface area contributed by atoms with E-state index in [2.05, 4.69) is 9.97 Å². The maximum absolute atomic E-state index is 12.9. The van der Waals surface area contributed by atoms with Crippen LogP contribution < -0.4 is 0 Å². The van der Waals surface area contributed by atoms with Gasteiger partial charge in [-0.3, -0.25) is 0 Å².